The number of ether oxygens (including phenoxy) is 1. The quantitative estimate of drug-likeness (QED) is 0.434. The fraction of sp³-hybridized carbons (Fsp3) is 0.286. The number of carbonyl (C=O) groups excluding carboxylic acids is 2. The highest BCUT2D eigenvalue weighted by atomic mass is 16.5. The Kier molecular flexibility index (Phi) is 6.26. The van der Waals surface area contributed by atoms with Gasteiger partial charge in [0, 0.05) is 26.7 Å². The molecule has 0 saturated heterocycles. The number of imide groups is 1. The van der Waals surface area contributed by atoms with E-state index in [0.29, 0.717) is 30.2 Å². The molecule has 28 heavy (non-hydrogen) atoms. The van der Waals surface area contributed by atoms with Gasteiger partial charge >= 0.3 is 0 Å². The summed E-state index contributed by atoms with van der Waals surface area (Å²) in [6.45, 7) is 1.41. The van der Waals surface area contributed by atoms with Gasteiger partial charge in [-0.3, -0.25) is 19.5 Å². The van der Waals surface area contributed by atoms with Gasteiger partial charge in [0.1, 0.15) is 5.75 Å². The van der Waals surface area contributed by atoms with Crippen molar-refractivity contribution in [1.82, 2.24) is 15.5 Å². The van der Waals surface area contributed by atoms with Crippen molar-refractivity contribution in [2.45, 2.75) is 6.42 Å². The summed E-state index contributed by atoms with van der Waals surface area (Å²) >= 11 is 0. The van der Waals surface area contributed by atoms with E-state index in [2.05, 4.69) is 15.6 Å². The van der Waals surface area contributed by atoms with E-state index in [0.717, 1.165) is 12.2 Å². The van der Waals surface area contributed by atoms with Crippen LogP contribution in [0.2, 0.25) is 0 Å². The number of amides is 2. The van der Waals surface area contributed by atoms with Gasteiger partial charge in [0.2, 0.25) is 0 Å². The highest BCUT2D eigenvalue weighted by Crippen LogP contribution is 2.21. The van der Waals surface area contributed by atoms with E-state index in [1.165, 1.54) is 10.5 Å². The van der Waals surface area contributed by atoms with Crippen LogP contribution in [0.15, 0.2) is 53.5 Å². The van der Waals surface area contributed by atoms with Gasteiger partial charge in [-0.2, -0.15) is 0 Å². The van der Waals surface area contributed by atoms with Crippen molar-refractivity contribution in [2.24, 2.45) is 4.99 Å². The minimum absolute atomic E-state index is 0.246. The predicted molar refractivity (Wildman–Crippen MR) is 108 cm³/mol. The lowest BCUT2D eigenvalue weighted by Gasteiger charge is -2.16. The molecule has 0 fully saturated rings. The van der Waals surface area contributed by atoms with Crippen LogP contribution in [-0.2, 0) is 6.42 Å². The largest absolute Gasteiger partial charge is 0.497 e. The predicted octanol–water partition coefficient (Wildman–Crippen LogP) is 1.70. The van der Waals surface area contributed by atoms with Crippen molar-refractivity contribution in [1.29, 1.82) is 0 Å². The Labute approximate surface area is 164 Å². The maximum Gasteiger partial charge on any atom is 0.261 e. The summed E-state index contributed by atoms with van der Waals surface area (Å²) in [5.41, 5.74) is 2.12. The maximum atomic E-state index is 12.3. The Bertz CT molecular complexity index is 842. The second-order valence-corrected chi connectivity index (χ2v) is 6.33. The molecule has 0 aromatic heterocycles. The van der Waals surface area contributed by atoms with Crippen LogP contribution in [0.3, 0.4) is 0 Å². The van der Waals surface area contributed by atoms with Crippen molar-refractivity contribution in [2.75, 3.05) is 33.8 Å². The highest BCUT2D eigenvalue weighted by Gasteiger charge is 2.34. The molecule has 0 saturated carbocycles. The third kappa shape index (κ3) is 4.31. The molecule has 0 bridgehead atoms. The van der Waals surface area contributed by atoms with Crippen LogP contribution >= 0.6 is 0 Å². The van der Waals surface area contributed by atoms with E-state index in [1.54, 1.807) is 38.4 Å². The first kappa shape index (κ1) is 19.4. The molecule has 7 heteroatoms. The molecule has 146 valence electrons. The molecule has 0 aliphatic carbocycles. The molecule has 0 atom stereocenters. The van der Waals surface area contributed by atoms with E-state index < -0.39 is 0 Å². The van der Waals surface area contributed by atoms with E-state index in [4.69, 9.17) is 4.74 Å². The second-order valence-electron chi connectivity index (χ2n) is 6.33. The average Bonchev–Trinajstić information content (AvgIpc) is 2.98. The lowest BCUT2D eigenvalue weighted by atomic mass is 10.1. The van der Waals surface area contributed by atoms with Crippen LogP contribution in [0.5, 0.6) is 5.75 Å². The molecule has 0 unspecified atom stereocenters. The smallest absolute Gasteiger partial charge is 0.261 e. The van der Waals surface area contributed by atoms with Crippen molar-refractivity contribution in [3.8, 4) is 5.75 Å². The van der Waals surface area contributed by atoms with E-state index in [1.807, 2.05) is 24.3 Å². The first-order valence-corrected chi connectivity index (χ1v) is 9.16. The third-order valence-corrected chi connectivity index (χ3v) is 4.59. The van der Waals surface area contributed by atoms with Gasteiger partial charge in [-0.15, -0.1) is 0 Å². The normalized spacial score (nSPS) is 13.5. The minimum Gasteiger partial charge on any atom is -0.497 e. The van der Waals surface area contributed by atoms with E-state index in [-0.39, 0.29) is 18.4 Å². The highest BCUT2D eigenvalue weighted by molar-refractivity contribution is 6.21. The molecule has 2 amide bonds. The van der Waals surface area contributed by atoms with Gasteiger partial charge in [-0.25, -0.2) is 0 Å². The Morgan fingerprint density at radius 1 is 0.964 bits per heavy atom. The monoisotopic (exact) mass is 380 g/mol. The zero-order valence-electron chi connectivity index (χ0n) is 16.1. The number of fused-ring (bicyclic) bond motifs is 1. The molecule has 1 heterocycles. The zero-order valence-corrected chi connectivity index (χ0v) is 16.1. The topological polar surface area (TPSA) is 83.0 Å². The number of nitrogens with one attached hydrogen (secondary N) is 2. The Morgan fingerprint density at radius 2 is 1.57 bits per heavy atom. The summed E-state index contributed by atoms with van der Waals surface area (Å²) in [6, 6.07) is 14.8. The third-order valence-electron chi connectivity index (χ3n) is 4.59. The van der Waals surface area contributed by atoms with Crippen LogP contribution in [-0.4, -0.2) is 56.5 Å². The number of guanidine groups is 1. The molecule has 3 rings (SSSR count). The molecule has 2 aromatic carbocycles. The fourth-order valence-corrected chi connectivity index (χ4v) is 3.07. The summed E-state index contributed by atoms with van der Waals surface area (Å²) < 4.78 is 5.15. The van der Waals surface area contributed by atoms with Crippen molar-refractivity contribution >= 4 is 17.8 Å². The lowest BCUT2D eigenvalue weighted by molar-refractivity contribution is 0.0657. The molecule has 0 radical (unpaired) electrons. The fourth-order valence-electron chi connectivity index (χ4n) is 3.07. The number of hydrogen-bond acceptors (Lipinski definition) is 4. The number of benzene rings is 2. The van der Waals surface area contributed by atoms with Crippen LogP contribution in [0.25, 0.3) is 0 Å². The summed E-state index contributed by atoms with van der Waals surface area (Å²) in [4.78, 5) is 30.1. The number of rotatable bonds is 7. The molecule has 1 aliphatic heterocycles. The number of nitrogens with zero attached hydrogens (tertiary/aromatic N) is 2. The molecule has 2 aromatic rings. The Morgan fingerprint density at radius 3 is 2.14 bits per heavy atom. The Balaban J connectivity index is 1.43. The summed E-state index contributed by atoms with van der Waals surface area (Å²) in [5, 5.41) is 6.37. The number of carbonyl (C=O) groups is 2. The van der Waals surface area contributed by atoms with E-state index >= 15 is 0 Å². The minimum atomic E-state index is -0.246. The van der Waals surface area contributed by atoms with E-state index in [9.17, 15) is 9.59 Å². The van der Waals surface area contributed by atoms with Crippen molar-refractivity contribution < 1.29 is 14.3 Å². The maximum absolute atomic E-state index is 12.3. The first-order valence-electron chi connectivity index (χ1n) is 9.16. The van der Waals surface area contributed by atoms with Gasteiger partial charge < -0.3 is 15.4 Å². The van der Waals surface area contributed by atoms with Crippen molar-refractivity contribution in [3.05, 3.63) is 65.2 Å². The van der Waals surface area contributed by atoms with Crippen molar-refractivity contribution in [3.63, 3.8) is 0 Å². The van der Waals surface area contributed by atoms with Gasteiger partial charge in [-0.05, 0) is 36.2 Å². The van der Waals surface area contributed by atoms with Gasteiger partial charge in [0.05, 0.1) is 18.2 Å². The standard InChI is InChI=1S/C21H24N4O3/c1-22-21(23-12-11-15-7-9-16(28-2)10-8-15)24-13-14-25-19(26)17-5-3-4-6-18(17)20(25)27/h3-10H,11-14H2,1-2H3,(H2,22,23,24). The van der Waals surface area contributed by atoms with Crippen LogP contribution in [0, 0.1) is 0 Å². The SMILES string of the molecule is CN=C(NCCc1ccc(OC)cc1)NCCN1C(=O)c2ccccc2C1=O. The number of methoxy groups -OCH3 is 1. The average molecular weight is 380 g/mol. The lowest BCUT2D eigenvalue weighted by Crippen LogP contribution is -2.43. The zero-order chi connectivity index (χ0) is 19.9. The molecule has 1 aliphatic rings. The van der Waals surface area contributed by atoms with Gasteiger partial charge in [0.25, 0.3) is 11.8 Å². The summed E-state index contributed by atoms with van der Waals surface area (Å²) in [5.74, 6) is 0.974. The molecule has 7 nitrogen and oxygen atoms in total. The Hall–Kier alpha value is -3.35. The first-order chi connectivity index (χ1) is 13.6. The molecular formula is C21H24N4O3. The van der Waals surface area contributed by atoms with Crippen LogP contribution < -0.4 is 15.4 Å². The number of hydrogen-bond donors (Lipinski definition) is 2. The van der Waals surface area contributed by atoms with Gasteiger partial charge in [0.15, 0.2) is 5.96 Å². The van der Waals surface area contributed by atoms with Crippen LogP contribution in [0.1, 0.15) is 26.3 Å². The summed E-state index contributed by atoms with van der Waals surface area (Å²) in [6.07, 6.45) is 0.836. The summed E-state index contributed by atoms with van der Waals surface area (Å²) in [7, 11) is 3.33. The molecule has 2 N–H and O–H groups in total. The van der Waals surface area contributed by atoms with Crippen LogP contribution in [0.4, 0.5) is 0 Å². The number of aliphatic imine (C=N–C) groups is 1. The molecular weight excluding hydrogens is 356 g/mol. The second kappa shape index (κ2) is 9.03. The van der Waals surface area contributed by atoms with Gasteiger partial charge in [-0.1, -0.05) is 24.3 Å². The molecule has 0 spiro atoms.